The number of hydrogen-bond acceptors (Lipinski definition) is 6. The monoisotopic (exact) mass is 479 g/mol. The van der Waals surface area contributed by atoms with Gasteiger partial charge in [0.15, 0.2) is 0 Å². The number of carbonyl (C=O) groups is 2. The number of nitrogens with two attached hydrogens (primary N) is 1. The van der Waals surface area contributed by atoms with Gasteiger partial charge < -0.3 is 21.3 Å². The number of fused-ring (bicyclic) bond motifs is 2. The van der Waals surface area contributed by atoms with E-state index in [2.05, 4.69) is 10.2 Å². The van der Waals surface area contributed by atoms with Crippen molar-refractivity contribution >= 4 is 23.2 Å². The first-order valence-corrected chi connectivity index (χ1v) is 13.2. The molecule has 6 unspecified atom stereocenters. The summed E-state index contributed by atoms with van der Waals surface area (Å²) in [6.07, 6.45) is 5.81. The molecule has 1 aromatic heterocycles. The van der Waals surface area contributed by atoms with E-state index >= 15 is 0 Å². The standard InChI is InChI=1S/C26H29N3O4S/c27-21(31)17-6-5-15-10-25-13-24(19(15)20(17)30)11-16(28-22(32)18-2-1-9-34-18)7-8-26(24,33)23(25)29(25)12-14-3-4-14/h1-2,5-6,9,14,16,23,30,33H,3-4,7-8,10-13H2,(H2,27,31)(H,28,32). The molecule has 8 heteroatoms. The van der Waals surface area contributed by atoms with Gasteiger partial charge in [0.05, 0.1) is 22.1 Å². The van der Waals surface area contributed by atoms with E-state index < -0.39 is 16.9 Å². The van der Waals surface area contributed by atoms with Crippen LogP contribution in [0, 0.1) is 5.92 Å². The van der Waals surface area contributed by atoms with Crippen LogP contribution in [-0.4, -0.2) is 56.7 Å². The van der Waals surface area contributed by atoms with Crippen LogP contribution in [0.3, 0.4) is 0 Å². The normalized spacial score (nSPS) is 39.0. The summed E-state index contributed by atoms with van der Waals surface area (Å²) in [5, 5.41) is 28.8. The third-order valence-electron chi connectivity index (χ3n) is 9.42. The van der Waals surface area contributed by atoms with Gasteiger partial charge in [-0.25, -0.2) is 0 Å². The van der Waals surface area contributed by atoms with Gasteiger partial charge in [0.25, 0.3) is 11.8 Å². The summed E-state index contributed by atoms with van der Waals surface area (Å²) in [6.45, 7) is 1.03. The Morgan fingerprint density at radius 2 is 2.06 bits per heavy atom. The van der Waals surface area contributed by atoms with Crippen molar-refractivity contribution in [1.29, 1.82) is 0 Å². The van der Waals surface area contributed by atoms with Gasteiger partial charge in [-0.15, -0.1) is 11.3 Å². The van der Waals surface area contributed by atoms with Gasteiger partial charge in [-0.3, -0.25) is 14.5 Å². The quantitative estimate of drug-likeness (QED) is 0.491. The first-order valence-electron chi connectivity index (χ1n) is 12.3. The van der Waals surface area contributed by atoms with E-state index in [0.29, 0.717) is 29.7 Å². The third-order valence-corrected chi connectivity index (χ3v) is 10.3. The summed E-state index contributed by atoms with van der Waals surface area (Å²) in [7, 11) is 0. The Morgan fingerprint density at radius 3 is 2.76 bits per heavy atom. The van der Waals surface area contributed by atoms with Gasteiger partial charge in [-0.05, 0) is 73.9 Å². The molecule has 2 amide bonds. The highest BCUT2D eigenvalue weighted by Crippen LogP contribution is 2.74. The topological polar surface area (TPSA) is 116 Å². The molecular weight excluding hydrogens is 450 g/mol. The number of primary amides is 1. The lowest BCUT2D eigenvalue weighted by Crippen LogP contribution is -2.61. The molecule has 0 radical (unpaired) electrons. The molecule has 34 heavy (non-hydrogen) atoms. The molecule has 2 spiro atoms. The zero-order valence-corrected chi connectivity index (χ0v) is 19.7. The first-order chi connectivity index (χ1) is 16.3. The van der Waals surface area contributed by atoms with Crippen molar-refractivity contribution in [1.82, 2.24) is 10.2 Å². The lowest BCUT2D eigenvalue weighted by molar-refractivity contribution is -0.0818. The molecule has 7 rings (SSSR count). The number of carbonyl (C=O) groups excluding carboxylic acids is 2. The molecule has 1 aromatic carbocycles. The number of aromatic hydroxyl groups is 1. The van der Waals surface area contributed by atoms with Gasteiger partial charge >= 0.3 is 0 Å². The smallest absolute Gasteiger partial charge is 0.261 e. The minimum Gasteiger partial charge on any atom is -0.507 e. The number of benzene rings is 1. The molecule has 5 N–H and O–H groups in total. The highest BCUT2D eigenvalue weighted by molar-refractivity contribution is 7.12. The fourth-order valence-corrected chi connectivity index (χ4v) is 8.61. The fourth-order valence-electron chi connectivity index (χ4n) is 7.98. The van der Waals surface area contributed by atoms with E-state index in [4.69, 9.17) is 5.73 Å². The molecule has 5 aliphatic rings. The van der Waals surface area contributed by atoms with Crippen LogP contribution in [-0.2, 0) is 11.8 Å². The summed E-state index contributed by atoms with van der Waals surface area (Å²) in [5.41, 5.74) is 5.55. The molecule has 6 atom stereocenters. The zero-order valence-electron chi connectivity index (χ0n) is 18.9. The van der Waals surface area contributed by atoms with Crippen LogP contribution in [0.25, 0.3) is 0 Å². The van der Waals surface area contributed by atoms with Gasteiger partial charge in [-0.1, -0.05) is 12.1 Å². The number of thiophene rings is 1. The third kappa shape index (κ3) is 2.54. The van der Waals surface area contributed by atoms with Gasteiger partial charge in [0.1, 0.15) is 5.75 Å². The molecular formula is C26H29N3O4S. The molecule has 4 fully saturated rings. The number of amides is 2. The van der Waals surface area contributed by atoms with Gasteiger partial charge in [0, 0.05) is 29.1 Å². The molecule has 4 aliphatic carbocycles. The second-order valence-electron chi connectivity index (χ2n) is 11.2. The van der Waals surface area contributed by atoms with E-state index in [9.17, 15) is 19.8 Å². The molecule has 7 nitrogen and oxygen atoms in total. The molecule has 1 saturated heterocycles. The molecule has 2 aromatic rings. The van der Waals surface area contributed by atoms with Crippen LogP contribution < -0.4 is 11.1 Å². The van der Waals surface area contributed by atoms with Crippen LogP contribution >= 0.6 is 11.3 Å². The summed E-state index contributed by atoms with van der Waals surface area (Å²) in [5.74, 6) is -0.122. The lowest BCUT2D eigenvalue weighted by atomic mass is 9.56. The van der Waals surface area contributed by atoms with Crippen molar-refractivity contribution in [3.8, 4) is 5.75 Å². The first kappa shape index (κ1) is 20.9. The summed E-state index contributed by atoms with van der Waals surface area (Å²) in [4.78, 5) is 28.1. The number of likely N-dealkylation sites (tertiary alicyclic amines) is 1. The Labute approximate surface area is 201 Å². The number of piperidine rings is 1. The second-order valence-corrected chi connectivity index (χ2v) is 12.2. The lowest BCUT2D eigenvalue weighted by Gasteiger charge is -2.53. The van der Waals surface area contributed by atoms with Gasteiger partial charge in [0.2, 0.25) is 0 Å². The van der Waals surface area contributed by atoms with Gasteiger partial charge in [-0.2, -0.15) is 0 Å². The Bertz CT molecular complexity index is 1230. The number of hydrogen-bond donors (Lipinski definition) is 4. The van der Waals surface area contributed by atoms with Crippen LogP contribution in [0.2, 0.25) is 0 Å². The number of rotatable bonds is 5. The predicted molar refractivity (Wildman–Crippen MR) is 127 cm³/mol. The number of nitrogens with zero attached hydrogens (tertiary/aromatic N) is 1. The maximum absolute atomic E-state index is 12.8. The Kier molecular flexibility index (Phi) is 4.07. The average molecular weight is 480 g/mol. The molecule has 1 aliphatic heterocycles. The maximum Gasteiger partial charge on any atom is 0.261 e. The second kappa shape index (κ2) is 6.62. The summed E-state index contributed by atoms with van der Waals surface area (Å²) >= 11 is 1.41. The SMILES string of the molecule is NC(=O)c1ccc2c(c1O)C13CC(NC(=O)c4cccs4)CCC1(O)C1N(CC4CC4)C1(C2)C3. The van der Waals surface area contributed by atoms with E-state index in [0.717, 1.165) is 30.9 Å². The summed E-state index contributed by atoms with van der Waals surface area (Å²) < 4.78 is 0. The zero-order chi connectivity index (χ0) is 23.5. The highest BCUT2D eigenvalue weighted by atomic mass is 32.1. The van der Waals surface area contributed by atoms with Crippen molar-refractivity contribution in [2.75, 3.05) is 6.54 Å². The molecule has 178 valence electrons. The van der Waals surface area contributed by atoms with Crippen molar-refractivity contribution < 1.29 is 19.8 Å². The summed E-state index contributed by atoms with van der Waals surface area (Å²) in [6, 6.07) is 7.15. The Hall–Kier alpha value is -2.42. The van der Waals surface area contributed by atoms with E-state index in [-0.39, 0.29) is 34.8 Å². The predicted octanol–water partition coefficient (Wildman–Crippen LogP) is 2.30. The molecule has 3 saturated carbocycles. The molecule has 2 heterocycles. The van der Waals surface area contributed by atoms with Crippen molar-refractivity contribution in [3.05, 3.63) is 51.2 Å². The van der Waals surface area contributed by atoms with E-state index in [1.165, 1.54) is 24.2 Å². The minimum absolute atomic E-state index is 0.0541. The average Bonchev–Trinajstić information content (AvgIpc) is 3.60. The van der Waals surface area contributed by atoms with Crippen molar-refractivity contribution in [2.45, 2.75) is 73.6 Å². The highest BCUT2D eigenvalue weighted by Gasteiger charge is 2.84. The maximum atomic E-state index is 12.8. The number of nitrogens with one attached hydrogen (secondary N) is 1. The Morgan fingerprint density at radius 1 is 1.24 bits per heavy atom. The van der Waals surface area contributed by atoms with Crippen LogP contribution in [0.4, 0.5) is 0 Å². The van der Waals surface area contributed by atoms with Crippen LogP contribution in [0.15, 0.2) is 29.6 Å². The number of phenols is 1. The van der Waals surface area contributed by atoms with Crippen LogP contribution in [0.5, 0.6) is 5.75 Å². The molecule has 2 bridgehead atoms. The Balaban J connectivity index is 1.31. The van der Waals surface area contributed by atoms with Crippen molar-refractivity contribution in [2.24, 2.45) is 11.7 Å². The van der Waals surface area contributed by atoms with Crippen LogP contribution in [0.1, 0.15) is 69.7 Å². The minimum atomic E-state index is -1.01. The largest absolute Gasteiger partial charge is 0.507 e. The van der Waals surface area contributed by atoms with Crippen molar-refractivity contribution in [3.63, 3.8) is 0 Å². The van der Waals surface area contributed by atoms with E-state index in [1.807, 2.05) is 23.6 Å². The fraction of sp³-hybridized carbons (Fsp3) is 0.538. The number of aliphatic hydroxyl groups is 1. The van der Waals surface area contributed by atoms with E-state index in [1.54, 1.807) is 6.07 Å².